The zero-order chi connectivity index (χ0) is 28.6. The molecule has 2 heterocycles. The van der Waals surface area contributed by atoms with E-state index in [1.54, 1.807) is 24.6 Å². The second-order valence-electron chi connectivity index (χ2n) is 9.31. The van der Waals surface area contributed by atoms with Crippen LogP contribution in [-0.2, 0) is 14.2 Å². The van der Waals surface area contributed by atoms with Gasteiger partial charge in [-0.3, -0.25) is 4.79 Å². The van der Waals surface area contributed by atoms with Crippen LogP contribution < -0.4 is 0 Å². The standard InChI is InChI=1S/C25H35Cl6NO5S/c1-5-14(26)8-15(27)6-7-16(28)22(34)21(31)20(30)17(29)9-19-12(2)23(37-11-36-19)24(35-4)25-32-18(10-38-25)13(3)33/h6-7,10,12,14-17,19-24,34H,5,8-9,11H2,1-4H3/b7-6-/t12?,14?,15?,16?,17?,19?,20?,21?,22?,23-,24?/m1/s1. The van der Waals surface area contributed by atoms with E-state index in [4.69, 9.17) is 83.8 Å². The number of aliphatic hydroxyl groups excluding tert-OH is 1. The maximum atomic E-state index is 11.7. The van der Waals surface area contributed by atoms with Crippen molar-refractivity contribution in [2.45, 2.75) is 96.7 Å². The highest BCUT2D eigenvalue weighted by Crippen LogP contribution is 2.37. The van der Waals surface area contributed by atoms with Crippen molar-refractivity contribution in [3.05, 3.63) is 28.2 Å². The van der Waals surface area contributed by atoms with Crippen molar-refractivity contribution in [3.8, 4) is 0 Å². The molecule has 1 saturated heterocycles. The summed E-state index contributed by atoms with van der Waals surface area (Å²) in [5.74, 6) is -0.268. The van der Waals surface area contributed by atoms with Crippen molar-refractivity contribution < 1.29 is 24.1 Å². The molecule has 1 fully saturated rings. The van der Waals surface area contributed by atoms with Gasteiger partial charge in [0.25, 0.3) is 0 Å². The number of alkyl halides is 6. The number of rotatable bonds is 15. The second kappa shape index (κ2) is 16.9. The van der Waals surface area contributed by atoms with Gasteiger partial charge in [-0.15, -0.1) is 80.9 Å². The number of allylic oxidation sites excluding steroid dienone is 1. The molecule has 0 spiro atoms. The summed E-state index contributed by atoms with van der Waals surface area (Å²) < 4.78 is 17.4. The molecular formula is C25H35Cl6NO5S. The van der Waals surface area contributed by atoms with Gasteiger partial charge in [-0.05, 0) is 19.3 Å². The van der Waals surface area contributed by atoms with Gasteiger partial charge in [0.15, 0.2) is 5.78 Å². The van der Waals surface area contributed by atoms with Gasteiger partial charge in [0.05, 0.1) is 45.2 Å². The van der Waals surface area contributed by atoms with E-state index < -0.39 is 33.7 Å². The fourth-order valence-electron chi connectivity index (χ4n) is 4.07. The Kier molecular flexibility index (Phi) is 15.5. The maximum Gasteiger partial charge on any atom is 0.178 e. The molecule has 0 radical (unpaired) electrons. The highest BCUT2D eigenvalue weighted by Gasteiger charge is 2.42. The van der Waals surface area contributed by atoms with E-state index in [0.717, 1.165) is 6.42 Å². The van der Waals surface area contributed by atoms with Gasteiger partial charge in [0.1, 0.15) is 23.6 Å². The van der Waals surface area contributed by atoms with Crippen LogP contribution in [0.5, 0.6) is 0 Å². The van der Waals surface area contributed by atoms with Crippen molar-refractivity contribution in [1.29, 1.82) is 0 Å². The second-order valence-corrected chi connectivity index (χ2v) is 13.5. The Morgan fingerprint density at radius 1 is 1.21 bits per heavy atom. The molecule has 1 aliphatic heterocycles. The molecule has 6 nitrogen and oxygen atoms in total. The number of methoxy groups -OCH3 is 1. The van der Waals surface area contributed by atoms with Crippen LogP contribution in [0.2, 0.25) is 0 Å². The van der Waals surface area contributed by atoms with Crippen LogP contribution >= 0.6 is 80.9 Å². The zero-order valence-electron chi connectivity index (χ0n) is 21.6. The molecule has 10 unspecified atom stereocenters. The number of aromatic nitrogens is 1. The number of halogens is 6. The van der Waals surface area contributed by atoms with Crippen LogP contribution in [0, 0.1) is 5.92 Å². The molecular weight excluding hydrogens is 639 g/mol. The lowest BCUT2D eigenvalue weighted by molar-refractivity contribution is -0.233. The van der Waals surface area contributed by atoms with E-state index >= 15 is 0 Å². The number of carbonyl (C=O) groups excluding carboxylic acids is 1. The Labute approximate surface area is 259 Å². The summed E-state index contributed by atoms with van der Waals surface area (Å²) in [6, 6.07) is 0. The Balaban J connectivity index is 1.99. The van der Waals surface area contributed by atoms with E-state index in [0.29, 0.717) is 23.5 Å². The molecule has 218 valence electrons. The fourth-order valence-corrected chi connectivity index (χ4v) is 6.92. The Hall–Kier alpha value is 0.620. The van der Waals surface area contributed by atoms with Crippen LogP contribution in [0.4, 0.5) is 0 Å². The number of ketones is 1. The predicted octanol–water partition coefficient (Wildman–Crippen LogP) is 7.16. The van der Waals surface area contributed by atoms with E-state index in [2.05, 4.69) is 4.98 Å². The molecule has 1 aromatic rings. The topological polar surface area (TPSA) is 77.9 Å². The Morgan fingerprint density at radius 3 is 2.47 bits per heavy atom. The highest BCUT2D eigenvalue weighted by molar-refractivity contribution is 7.09. The van der Waals surface area contributed by atoms with Gasteiger partial charge in [-0.1, -0.05) is 26.0 Å². The third-order valence-electron chi connectivity index (χ3n) is 6.51. The van der Waals surface area contributed by atoms with Gasteiger partial charge < -0.3 is 19.3 Å². The first-order valence-corrected chi connectivity index (χ1v) is 15.8. The van der Waals surface area contributed by atoms with Crippen LogP contribution in [0.1, 0.15) is 61.6 Å². The normalized spacial score (nSPS) is 26.9. The smallest absolute Gasteiger partial charge is 0.178 e. The predicted molar refractivity (Wildman–Crippen MR) is 158 cm³/mol. The third-order valence-corrected chi connectivity index (χ3v) is 10.4. The van der Waals surface area contributed by atoms with Crippen molar-refractivity contribution >= 4 is 86.7 Å². The van der Waals surface area contributed by atoms with E-state index in [9.17, 15) is 9.90 Å². The van der Waals surface area contributed by atoms with Crippen molar-refractivity contribution in [2.75, 3.05) is 13.9 Å². The van der Waals surface area contributed by atoms with E-state index in [1.807, 2.05) is 13.8 Å². The SMILES string of the molecule is CCC(Cl)CC(Cl)/C=C\C(Cl)C(O)C(Cl)C(Cl)C(Cl)CC1OCO[C@@H](C(OC)c2nc(C(C)=O)cs2)C1C. The molecule has 1 aliphatic rings. The number of aliphatic hydroxyl groups is 1. The molecule has 0 bridgehead atoms. The van der Waals surface area contributed by atoms with Gasteiger partial charge in [0.2, 0.25) is 0 Å². The number of ether oxygens (including phenoxy) is 3. The monoisotopic (exact) mass is 671 g/mol. The van der Waals surface area contributed by atoms with Crippen molar-refractivity contribution in [3.63, 3.8) is 0 Å². The maximum absolute atomic E-state index is 11.7. The van der Waals surface area contributed by atoms with Gasteiger partial charge in [-0.25, -0.2) is 4.98 Å². The lowest BCUT2D eigenvalue weighted by Gasteiger charge is -2.40. The zero-order valence-corrected chi connectivity index (χ0v) is 27.0. The van der Waals surface area contributed by atoms with Gasteiger partial charge >= 0.3 is 0 Å². The number of thiazole rings is 1. The minimum atomic E-state index is -1.17. The molecule has 0 saturated carbocycles. The number of carbonyl (C=O) groups is 1. The minimum absolute atomic E-state index is 0.0310. The molecule has 11 atom stereocenters. The molecule has 38 heavy (non-hydrogen) atoms. The first-order valence-electron chi connectivity index (χ1n) is 12.3. The largest absolute Gasteiger partial charge is 0.390 e. The number of Topliss-reactive ketones (excluding diaryl/α,β-unsaturated/α-hetero) is 1. The minimum Gasteiger partial charge on any atom is -0.390 e. The van der Waals surface area contributed by atoms with Crippen LogP contribution in [-0.4, -0.2) is 80.4 Å². The van der Waals surface area contributed by atoms with Crippen LogP contribution in [0.15, 0.2) is 17.5 Å². The summed E-state index contributed by atoms with van der Waals surface area (Å²) in [5.41, 5.74) is 0.388. The summed E-state index contributed by atoms with van der Waals surface area (Å²) in [5, 5.41) is 9.48. The molecule has 0 aliphatic carbocycles. The molecule has 2 rings (SSSR count). The molecule has 1 aromatic heterocycles. The van der Waals surface area contributed by atoms with Gasteiger partial charge in [-0.2, -0.15) is 0 Å². The van der Waals surface area contributed by atoms with E-state index in [1.165, 1.54) is 18.3 Å². The molecule has 13 heteroatoms. The quantitative estimate of drug-likeness (QED) is 0.121. The highest BCUT2D eigenvalue weighted by atomic mass is 35.5. The molecule has 0 aromatic carbocycles. The molecule has 0 amide bonds. The average Bonchev–Trinajstić information content (AvgIpc) is 3.38. The number of hydrogen-bond acceptors (Lipinski definition) is 7. The molecule has 1 N–H and O–H groups in total. The summed E-state index contributed by atoms with van der Waals surface area (Å²) in [4.78, 5) is 16.1. The summed E-state index contributed by atoms with van der Waals surface area (Å²) >= 11 is 39.9. The Bertz CT molecular complexity index is 894. The average molecular weight is 674 g/mol. The number of hydrogen-bond donors (Lipinski definition) is 1. The Morgan fingerprint density at radius 2 is 1.89 bits per heavy atom. The third kappa shape index (κ3) is 9.87. The summed E-state index contributed by atoms with van der Waals surface area (Å²) in [6.45, 7) is 5.44. The van der Waals surface area contributed by atoms with Crippen LogP contribution in [0.25, 0.3) is 0 Å². The summed E-state index contributed by atoms with van der Waals surface area (Å²) in [7, 11) is 1.57. The first-order chi connectivity index (χ1) is 17.9. The lowest BCUT2D eigenvalue weighted by Crippen LogP contribution is -2.46. The van der Waals surface area contributed by atoms with Gasteiger partial charge in [0, 0.05) is 30.7 Å². The van der Waals surface area contributed by atoms with Crippen molar-refractivity contribution in [1.82, 2.24) is 4.98 Å². The van der Waals surface area contributed by atoms with Crippen LogP contribution in [0.3, 0.4) is 0 Å². The summed E-state index contributed by atoms with van der Waals surface area (Å²) in [6.07, 6.45) is 2.66. The fraction of sp³-hybridized carbons (Fsp3) is 0.760. The van der Waals surface area contributed by atoms with Crippen molar-refractivity contribution in [2.24, 2.45) is 5.92 Å². The number of nitrogens with zero attached hydrogens (tertiary/aromatic N) is 1. The first kappa shape index (κ1) is 34.8. The lowest BCUT2D eigenvalue weighted by atomic mass is 9.89. The van der Waals surface area contributed by atoms with E-state index in [-0.39, 0.29) is 41.5 Å².